The minimum Gasteiger partial charge on any atom is -0.456 e. The SMILES string of the molecule is [B]c1cc2ccc3oc4cc(Br)cc5ccc6oc(c1)c2c3-c6c54. The molecule has 0 fully saturated rings. The highest BCUT2D eigenvalue weighted by atomic mass is 79.9. The molecule has 0 amide bonds. The van der Waals surface area contributed by atoms with Crippen molar-refractivity contribution >= 4 is 73.1 Å². The van der Waals surface area contributed by atoms with Gasteiger partial charge < -0.3 is 8.83 Å². The van der Waals surface area contributed by atoms with E-state index in [1.807, 2.05) is 36.4 Å². The summed E-state index contributed by atoms with van der Waals surface area (Å²) in [5.74, 6) is 0. The predicted molar refractivity (Wildman–Crippen MR) is 102 cm³/mol. The van der Waals surface area contributed by atoms with Gasteiger partial charge >= 0.3 is 0 Å². The second-order valence-electron chi connectivity index (χ2n) is 6.20. The number of hydrogen-bond acceptors (Lipinski definition) is 2. The van der Waals surface area contributed by atoms with Gasteiger partial charge in [0.1, 0.15) is 30.2 Å². The third kappa shape index (κ3) is 1.47. The molecule has 0 N–H and O–H groups in total. The summed E-state index contributed by atoms with van der Waals surface area (Å²) in [5, 5.41) is 4.35. The van der Waals surface area contributed by atoms with E-state index in [9.17, 15) is 0 Å². The van der Waals surface area contributed by atoms with Crippen LogP contribution < -0.4 is 5.46 Å². The Morgan fingerprint density at radius 3 is 1.92 bits per heavy atom. The first-order chi connectivity index (χ1) is 11.7. The number of rotatable bonds is 0. The van der Waals surface area contributed by atoms with Crippen LogP contribution in [0.25, 0.3) is 55.0 Å². The van der Waals surface area contributed by atoms with Gasteiger partial charge in [-0.2, -0.15) is 0 Å². The van der Waals surface area contributed by atoms with Crippen molar-refractivity contribution in [2.24, 2.45) is 0 Å². The zero-order valence-electron chi connectivity index (χ0n) is 12.4. The zero-order valence-corrected chi connectivity index (χ0v) is 14.0. The van der Waals surface area contributed by atoms with Crippen molar-refractivity contribution < 1.29 is 8.83 Å². The van der Waals surface area contributed by atoms with Gasteiger partial charge in [0.15, 0.2) is 0 Å². The van der Waals surface area contributed by atoms with E-state index in [1.54, 1.807) is 0 Å². The predicted octanol–water partition coefficient (Wildman–Crippen LogP) is 5.58. The van der Waals surface area contributed by atoms with E-state index >= 15 is 0 Å². The van der Waals surface area contributed by atoms with Crippen LogP contribution in [0.2, 0.25) is 0 Å². The Balaban J connectivity index is 2.04. The Labute approximate surface area is 146 Å². The van der Waals surface area contributed by atoms with Gasteiger partial charge in [-0.25, -0.2) is 0 Å². The molecule has 24 heavy (non-hydrogen) atoms. The summed E-state index contributed by atoms with van der Waals surface area (Å²) < 4.78 is 13.4. The van der Waals surface area contributed by atoms with E-state index in [0.29, 0.717) is 5.46 Å². The Morgan fingerprint density at radius 1 is 0.667 bits per heavy atom. The lowest BCUT2D eigenvalue weighted by Crippen LogP contribution is -2.03. The maximum absolute atomic E-state index is 6.23. The molecule has 2 radical (unpaired) electrons. The summed E-state index contributed by atoms with van der Waals surface area (Å²) in [6, 6.07) is 16.1. The molecule has 0 saturated carbocycles. The van der Waals surface area contributed by atoms with E-state index in [4.69, 9.17) is 16.7 Å². The molecule has 4 heteroatoms. The molecule has 4 aromatic carbocycles. The van der Waals surface area contributed by atoms with Crippen molar-refractivity contribution in [1.82, 2.24) is 0 Å². The summed E-state index contributed by atoms with van der Waals surface area (Å²) >= 11 is 3.57. The fourth-order valence-electron chi connectivity index (χ4n) is 3.87. The average molecular weight is 371 g/mol. The summed E-state index contributed by atoms with van der Waals surface area (Å²) in [5.41, 5.74) is 6.26. The summed E-state index contributed by atoms with van der Waals surface area (Å²) in [4.78, 5) is 0. The molecule has 0 atom stereocenters. The molecule has 6 rings (SSSR count). The Kier molecular flexibility index (Phi) is 2.23. The molecular weight excluding hydrogens is 363 g/mol. The van der Waals surface area contributed by atoms with Crippen LogP contribution in [0.3, 0.4) is 0 Å². The highest BCUT2D eigenvalue weighted by Gasteiger charge is 2.24. The van der Waals surface area contributed by atoms with Gasteiger partial charge in [-0.1, -0.05) is 39.6 Å². The molecule has 4 aromatic rings. The standard InChI is InChI=1S/C20H8BBrO2/c21-11-5-9-1-3-14-19-17(9)15(7-11)23-13-4-2-10-6-12(22)8-16(24-14)18(10)20(13)19/h1-8H. The molecule has 0 bridgehead atoms. The van der Waals surface area contributed by atoms with Gasteiger partial charge in [-0.15, -0.1) is 0 Å². The molecule has 110 valence electrons. The molecule has 0 unspecified atom stereocenters. The van der Waals surface area contributed by atoms with Gasteiger partial charge in [-0.3, -0.25) is 0 Å². The third-order valence-corrected chi connectivity index (χ3v) is 5.22. The topological polar surface area (TPSA) is 26.3 Å². The minimum absolute atomic E-state index is 0.697. The summed E-state index contributed by atoms with van der Waals surface area (Å²) in [6.07, 6.45) is 0. The van der Waals surface area contributed by atoms with Crippen molar-refractivity contribution in [2.75, 3.05) is 0 Å². The van der Waals surface area contributed by atoms with Gasteiger partial charge in [0.2, 0.25) is 0 Å². The van der Waals surface area contributed by atoms with Crippen molar-refractivity contribution in [3.63, 3.8) is 0 Å². The van der Waals surface area contributed by atoms with Crippen molar-refractivity contribution in [1.29, 1.82) is 0 Å². The van der Waals surface area contributed by atoms with Crippen LogP contribution in [0, 0.1) is 0 Å². The molecule has 2 aliphatic rings. The average Bonchev–Trinajstić information content (AvgIpc) is 2.56. The third-order valence-electron chi connectivity index (χ3n) is 4.76. The Bertz CT molecular complexity index is 1270. The van der Waals surface area contributed by atoms with Crippen molar-refractivity contribution in [3.8, 4) is 11.1 Å². The normalized spacial score (nSPS) is 12.5. The molecule has 0 aliphatic carbocycles. The largest absolute Gasteiger partial charge is 0.456 e. The number of benzene rings is 4. The molecule has 2 heterocycles. The second kappa shape index (κ2) is 4.14. The van der Waals surface area contributed by atoms with Gasteiger partial charge in [0.25, 0.3) is 0 Å². The molecule has 0 spiro atoms. The monoisotopic (exact) mass is 370 g/mol. The van der Waals surface area contributed by atoms with E-state index < -0.39 is 0 Å². The number of hydrogen-bond donors (Lipinski definition) is 0. The van der Waals surface area contributed by atoms with Gasteiger partial charge in [-0.05, 0) is 41.1 Å². The lowest BCUT2D eigenvalue weighted by atomic mass is 9.87. The van der Waals surface area contributed by atoms with E-state index in [0.717, 1.165) is 59.5 Å². The lowest BCUT2D eigenvalue weighted by molar-refractivity contribution is 0.646. The Hall–Kier alpha value is -2.46. The molecule has 2 nitrogen and oxygen atoms in total. The van der Waals surface area contributed by atoms with Crippen molar-refractivity contribution in [3.05, 3.63) is 53.0 Å². The van der Waals surface area contributed by atoms with Crippen LogP contribution in [0.5, 0.6) is 0 Å². The van der Waals surface area contributed by atoms with Crippen LogP contribution >= 0.6 is 15.9 Å². The van der Waals surface area contributed by atoms with Crippen LogP contribution in [0.1, 0.15) is 0 Å². The van der Waals surface area contributed by atoms with Gasteiger partial charge in [0, 0.05) is 26.4 Å². The smallest absolute Gasteiger partial charge is 0.137 e. The van der Waals surface area contributed by atoms with E-state index in [1.165, 1.54) is 0 Å². The van der Waals surface area contributed by atoms with Crippen LogP contribution in [0.15, 0.2) is 61.8 Å². The quantitative estimate of drug-likeness (QED) is 0.198. The van der Waals surface area contributed by atoms with Crippen molar-refractivity contribution in [2.45, 2.75) is 0 Å². The fraction of sp³-hybridized carbons (Fsp3) is 0. The summed E-state index contributed by atoms with van der Waals surface area (Å²) in [7, 11) is 6.04. The summed E-state index contributed by atoms with van der Waals surface area (Å²) in [6.45, 7) is 0. The second-order valence-corrected chi connectivity index (χ2v) is 7.12. The first kappa shape index (κ1) is 12.9. The minimum atomic E-state index is 0.697. The molecule has 0 aromatic heterocycles. The molecule has 2 aliphatic heterocycles. The zero-order chi connectivity index (χ0) is 16.0. The van der Waals surface area contributed by atoms with Gasteiger partial charge in [0.05, 0.1) is 0 Å². The lowest BCUT2D eigenvalue weighted by Gasteiger charge is -2.19. The fourth-order valence-corrected chi connectivity index (χ4v) is 4.32. The highest BCUT2D eigenvalue weighted by molar-refractivity contribution is 9.10. The van der Waals surface area contributed by atoms with E-state index in [-0.39, 0.29) is 0 Å². The van der Waals surface area contributed by atoms with E-state index in [2.05, 4.69) is 28.1 Å². The maximum Gasteiger partial charge on any atom is 0.137 e. The van der Waals surface area contributed by atoms with Crippen LogP contribution in [-0.2, 0) is 0 Å². The first-order valence-corrected chi connectivity index (χ1v) is 8.47. The Morgan fingerprint density at radius 2 is 1.25 bits per heavy atom. The maximum atomic E-state index is 6.23. The number of halogens is 1. The first-order valence-electron chi connectivity index (χ1n) is 7.67. The molecule has 0 saturated heterocycles. The molecular formula is C20H8BBrO2. The highest BCUT2D eigenvalue weighted by Crippen LogP contribution is 2.48. The van der Waals surface area contributed by atoms with Crippen LogP contribution in [-0.4, -0.2) is 7.85 Å². The van der Waals surface area contributed by atoms with Crippen LogP contribution in [0.4, 0.5) is 0 Å².